The zero-order valence-corrected chi connectivity index (χ0v) is 13.0. The first kappa shape index (κ1) is 14.8. The van der Waals surface area contributed by atoms with E-state index >= 15 is 0 Å². The van der Waals surface area contributed by atoms with Gasteiger partial charge in [0.1, 0.15) is 0 Å². The monoisotopic (exact) mass is 344 g/mol. The molecule has 0 radical (unpaired) electrons. The standard InChI is InChI=1S/C14H18BrClN2O/c15-10-6-4-5-9(13(10)16)14(19)18-12-8-3-1-2-7-11(12)17/h4-6,11-12H,1-3,7-8,17H2,(H,18,19). The van der Waals surface area contributed by atoms with Crippen LogP contribution < -0.4 is 11.1 Å². The van der Waals surface area contributed by atoms with Crippen LogP contribution >= 0.6 is 27.5 Å². The van der Waals surface area contributed by atoms with E-state index in [0.717, 1.165) is 30.2 Å². The van der Waals surface area contributed by atoms with E-state index in [2.05, 4.69) is 21.2 Å². The smallest absolute Gasteiger partial charge is 0.253 e. The molecule has 2 unspecified atom stereocenters. The minimum Gasteiger partial charge on any atom is -0.348 e. The lowest BCUT2D eigenvalue weighted by atomic mass is 10.0. The zero-order chi connectivity index (χ0) is 13.8. The number of rotatable bonds is 2. The van der Waals surface area contributed by atoms with E-state index in [1.807, 2.05) is 6.07 Å². The lowest BCUT2D eigenvalue weighted by molar-refractivity contribution is 0.0929. The van der Waals surface area contributed by atoms with Crippen molar-refractivity contribution in [1.29, 1.82) is 0 Å². The molecular formula is C14H18BrClN2O. The van der Waals surface area contributed by atoms with Gasteiger partial charge in [-0.3, -0.25) is 4.79 Å². The molecule has 1 aliphatic rings. The number of hydrogen-bond donors (Lipinski definition) is 2. The van der Waals surface area contributed by atoms with E-state index in [1.165, 1.54) is 6.42 Å². The van der Waals surface area contributed by atoms with Gasteiger partial charge in [-0.15, -0.1) is 0 Å². The third-order valence-corrected chi connectivity index (χ3v) is 4.88. The van der Waals surface area contributed by atoms with Gasteiger partial charge in [-0.1, -0.05) is 36.9 Å². The molecule has 5 heteroatoms. The molecule has 1 aromatic rings. The highest BCUT2D eigenvalue weighted by atomic mass is 79.9. The lowest BCUT2D eigenvalue weighted by Crippen LogP contribution is -2.47. The minimum atomic E-state index is -0.145. The maximum absolute atomic E-state index is 12.3. The van der Waals surface area contributed by atoms with Crippen molar-refractivity contribution in [3.05, 3.63) is 33.3 Å². The second-order valence-corrected chi connectivity index (χ2v) is 6.22. The van der Waals surface area contributed by atoms with E-state index in [0.29, 0.717) is 10.6 Å². The molecule has 0 aliphatic heterocycles. The van der Waals surface area contributed by atoms with Crippen molar-refractivity contribution >= 4 is 33.4 Å². The third kappa shape index (κ3) is 3.71. The summed E-state index contributed by atoms with van der Waals surface area (Å²) in [5.41, 5.74) is 6.61. The molecule has 0 bridgehead atoms. The minimum absolute atomic E-state index is 0.0392. The van der Waals surface area contributed by atoms with E-state index in [1.54, 1.807) is 12.1 Å². The summed E-state index contributed by atoms with van der Waals surface area (Å²) < 4.78 is 0.729. The maximum Gasteiger partial charge on any atom is 0.253 e. The number of nitrogens with one attached hydrogen (secondary N) is 1. The number of carbonyl (C=O) groups excluding carboxylic acids is 1. The Balaban J connectivity index is 2.09. The summed E-state index contributed by atoms with van der Waals surface area (Å²) in [4.78, 5) is 12.3. The molecule has 0 heterocycles. The van der Waals surface area contributed by atoms with Crippen LogP contribution in [0.5, 0.6) is 0 Å². The Labute approximate surface area is 127 Å². The molecule has 0 aromatic heterocycles. The topological polar surface area (TPSA) is 55.1 Å². The van der Waals surface area contributed by atoms with Crippen molar-refractivity contribution in [3.63, 3.8) is 0 Å². The van der Waals surface area contributed by atoms with Crippen LogP contribution in [0.3, 0.4) is 0 Å². The van der Waals surface area contributed by atoms with Crippen LogP contribution in [0.4, 0.5) is 0 Å². The molecule has 3 N–H and O–H groups in total. The van der Waals surface area contributed by atoms with Crippen molar-refractivity contribution < 1.29 is 4.79 Å². The summed E-state index contributed by atoms with van der Waals surface area (Å²) in [5.74, 6) is -0.145. The highest BCUT2D eigenvalue weighted by Crippen LogP contribution is 2.26. The van der Waals surface area contributed by atoms with Crippen molar-refractivity contribution in [3.8, 4) is 0 Å². The molecule has 3 nitrogen and oxygen atoms in total. The number of amides is 1. The van der Waals surface area contributed by atoms with Crippen LogP contribution in [-0.2, 0) is 0 Å². The van der Waals surface area contributed by atoms with Gasteiger partial charge in [-0.05, 0) is 40.9 Å². The van der Waals surface area contributed by atoms with E-state index in [-0.39, 0.29) is 18.0 Å². The van der Waals surface area contributed by atoms with E-state index in [4.69, 9.17) is 17.3 Å². The number of benzene rings is 1. The summed E-state index contributed by atoms with van der Waals surface area (Å²) in [6.07, 6.45) is 5.36. The van der Waals surface area contributed by atoms with Crippen molar-refractivity contribution in [2.75, 3.05) is 0 Å². The molecular weight excluding hydrogens is 328 g/mol. The molecule has 1 aliphatic carbocycles. The highest BCUT2D eigenvalue weighted by Gasteiger charge is 2.23. The van der Waals surface area contributed by atoms with E-state index < -0.39 is 0 Å². The molecule has 1 fully saturated rings. The number of nitrogens with two attached hydrogens (primary N) is 1. The van der Waals surface area contributed by atoms with Crippen LogP contribution in [-0.4, -0.2) is 18.0 Å². The Bertz CT molecular complexity index is 467. The van der Waals surface area contributed by atoms with E-state index in [9.17, 15) is 4.79 Å². The summed E-state index contributed by atoms with van der Waals surface area (Å²) in [6.45, 7) is 0. The Hall–Kier alpha value is -0.580. The van der Waals surface area contributed by atoms with Gasteiger partial charge in [0.2, 0.25) is 0 Å². The van der Waals surface area contributed by atoms with Gasteiger partial charge in [0.25, 0.3) is 5.91 Å². The maximum atomic E-state index is 12.3. The summed E-state index contributed by atoms with van der Waals surface area (Å²) in [5, 5.41) is 3.47. The second kappa shape index (κ2) is 6.73. The number of hydrogen-bond acceptors (Lipinski definition) is 2. The van der Waals surface area contributed by atoms with Gasteiger partial charge in [0.05, 0.1) is 10.6 Å². The zero-order valence-electron chi connectivity index (χ0n) is 10.7. The molecule has 1 amide bonds. The molecule has 19 heavy (non-hydrogen) atoms. The number of carbonyl (C=O) groups is 1. The summed E-state index contributed by atoms with van der Waals surface area (Å²) in [7, 11) is 0. The van der Waals surface area contributed by atoms with Crippen molar-refractivity contribution in [1.82, 2.24) is 5.32 Å². The van der Waals surface area contributed by atoms with Gasteiger partial charge >= 0.3 is 0 Å². The lowest BCUT2D eigenvalue weighted by Gasteiger charge is -2.23. The SMILES string of the molecule is NC1CCCCCC1NC(=O)c1cccc(Br)c1Cl. The average molecular weight is 346 g/mol. The van der Waals surface area contributed by atoms with Crippen LogP contribution in [0.2, 0.25) is 5.02 Å². The fourth-order valence-corrected chi connectivity index (χ4v) is 3.02. The molecule has 1 saturated carbocycles. The first-order valence-electron chi connectivity index (χ1n) is 6.60. The van der Waals surface area contributed by atoms with Crippen molar-refractivity contribution in [2.45, 2.75) is 44.2 Å². The Morgan fingerprint density at radius 1 is 1.32 bits per heavy atom. The van der Waals surface area contributed by atoms with Crippen LogP contribution in [0.25, 0.3) is 0 Å². The molecule has 2 rings (SSSR count). The largest absolute Gasteiger partial charge is 0.348 e. The van der Waals surface area contributed by atoms with Gasteiger partial charge in [0, 0.05) is 16.6 Å². The summed E-state index contributed by atoms with van der Waals surface area (Å²) in [6, 6.07) is 5.43. The molecule has 0 spiro atoms. The summed E-state index contributed by atoms with van der Waals surface area (Å²) >= 11 is 9.46. The Kier molecular flexibility index (Phi) is 5.25. The second-order valence-electron chi connectivity index (χ2n) is 4.98. The molecule has 2 atom stereocenters. The Morgan fingerprint density at radius 2 is 2.05 bits per heavy atom. The van der Waals surface area contributed by atoms with Crippen LogP contribution in [0.15, 0.2) is 22.7 Å². The third-order valence-electron chi connectivity index (χ3n) is 3.58. The van der Waals surface area contributed by atoms with Crippen molar-refractivity contribution in [2.24, 2.45) is 5.73 Å². The highest BCUT2D eigenvalue weighted by molar-refractivity contribution is 9.10. The van der Waals surface area contributed by atoms with Gasteiger partial charge in [-0.2, -0.15) is 0 Å². The van der Waals surface area contributed by atoms with Gasteiger partial charge < -0.3 is 11.1 Å². The molecule has 104 valence electrons. The first-order valence-corrected chi connectivity index (χ1v) is 7.77. The quantitative estimate of drug-likeness (QED) is 0.806. The fraction of sp³-hybridized carbons (Fsp3) is 0.500. The predicted octanol–water partition coefficient (Wildman–Crippen LogP) is 3.49. The average Bonchev–Trinajstić information content (AvgIpc) is 2.58. The van der Waals surface area contributed by atoms with Gasteiger partial charge in [-0.25, -0.2) is 0 Å². The fourth-order valence-electron chi connectivity index (χ4n) is 2.44. The molecule has 1 aromatic carbocycles. The van der Waals surface area contributed by atoms with Gasteiger partial charge in [0.15, 0.2) is 0 Å². The predicted molar refractivity (Wildman–Crippen MR) is 81.5 cm³/mol. The number of halogens is 2. The normalized spacial score (nSPS) is 23.7. The van der Waals surface area contributed by atoms with Crippen LogP contribution in [0.1, 0.15) is 42.5 Å². The Morgan fingerprint density at radius 3 is 2.84 bits per heavy atom. The molecule has 0 saturated heterocycles. The van der Waals surface area contributed by atoms with Crippen LogP contribution in [0, 0.1) is 0 Å². The first-order chi connectivity index (χ1) is 9.09.